The Morgan fingerprint density at radius 3 is 2.58 bits per heavy atom. The lowest BCUT2D eigenvalue weighted by Gasteiger charge is -2.36. The highest BCUT2D eigenvalue weighted by molar-refractivity contribution is 7.15. The molecule has 4 amide bonds. The van der Waals surface area contributed by atoms with E-state index < -0.39 is 29.7 Å². The van der Waals surface area contributed by atoms with Crippen molar-refractivity contribution in [3.63, 3.8) is 0 Å². The van der Waals surface area contributed by atoms with E-state index in [1.54, 1.807) is 29.7 Å². The molecule has 15 heteroatoms. The molecule has 0 aliphatic carbocycles. The highest BCUT2D eigenvalue weighted by Gasteiger charge is 2.46. The van der Waals surface area contributed by atoms with Crippen LogP contribution in [0.25, 0.3) is 5.00 Å². The van der Waals surface area contributed by atoms with Crippen LogP contribution < -0.4 is 10.2 Å². The summed E-state index contributed by atoms with van der Waals surface area (Å²) < 4.78 is 10.1. The average molecular weight is 756 g/mol. The Kier molecular flexibility index (Phi) is 9.09. The molecule has 0 spiro atoms. The molecule has 0 bridgehead atoms. The molecule has 278 valence electrons. The third-order valence-corrected chi connectivity index (χ3v) is 11.8. The minimum atomic E-state index is -0.991. The summed E-state index contributed by atoms with van der Waals surface area (Å²) in [5, 5.41) is 16.6. The first-order valence-corrected chi connectivity index (χ1v) is 19.2. The molecule has 0 saturated carbocycles. The van der Waals surface area contributed by atoms with Crippen molar-refractivity contribution < 1.29 is 23.9 Å². The second-order valence-electron chi connectivity index (χ2n) is 14.1. The molecule has 2 aromatic carbocycles. The molecule has 5 aromatic rings. The number of thiophene rings is 1. The minimum absolute atomic E-state index is 0.0843. The number of carbonyl (C=O) groups is 4. The number of nitrogens with zero attached hydrogens (tertiary/aromatic N) is 8. The molecule has 9 rings (SSSR count). The number of carbonyl (C=O) groups excluding carboxylic acids is 4. The van der Waals surface area contributed by atoms with Gasteiger partial charge in [0.1, 0.15) is 23.5 Å². The zero-order valence-electron chi connectivity index (χ0n) is 30.2. The van der Waals surface area contributed by atoms with Gasteiger partial charge in [0.15, 0.2) is 5.82 Å². The van der Waals surface area contributed by atoms with E-state index >= 15 is 0 Å². The van der Waals surface area contributed by atoms with Crippen molar-refractivity contribution in [3.05, 3.63) is 111 Å². The number of hydrogen-bond acceptors (Lipinski definition) is 11. The molecule has 3 aromatic heterocycles. The molecule has 2 fully saturated rings. The van der Waals surface area contributed by atoms with E-state index in [4.69, 9.17) is 4.74 Å². The Morgan fingerprint density at radius 1 is 0.927 bits per heavy atom. The monoisotopic (exact) mass is 755 g/mol. The molecule has 14 nitrogen and oxygen atoms in total. The van der Waals surface area contributed by atoms with Gasteiger partial charge in [-0.2, -0.15) is 5.10 Å². The molecule has 1 unspecified atom stereocenters. The van der Waals surface area contributed by atoms with Gasteiger partial charge in [-0.3, -0.25) is 43.5 Å². The van der Waals surface area contributed by atoms with E-state index in [0.717, 1.165) is 69.2 Å². The number of imide groups is 2. The number of nitrogens with one attached hydrogen (secondary N) is 1. The van der Waals surface area contributed by atoms with Gasteiger partial charge < -0.3 is 9.64 Å². The summed E-state index contributed by atoms with van der Waals surface area (Å²) in [7, 11) is 0. The number of hydrogen-bond donors (Lipinski definition) is 1. The van der Waals surface area contributed by atoms with Gasteiger partial charge in [-0.25, -0.2) is 0 Å². The van der Waals surface area contributed by atoms with E-state index in [1.807, 2.05) is 29.9 Å². The first-order valence-electron chi connectivity index (χ1n) is 18.4. The van der Waals surface area contributed by atoms with E-state index in [-0.39, 0.29) is 12.8 Å². The predicted molar refractivity (Wildman–Crippen MR) is 202 cm³/mol. The Bertz CT molecular complexity index is 2410. The van der Waals surface area contributed by atoms with Gasteiger partial charge in [0, 0.05) is 50.9 Å². The zero-order valence-corrected chi connectivity index (χ0v) is 31.0. The van der Waals surface area contributed by atoms with E-state index in [2.05, 4.69) is 71.1 Å². The summed E-state index contributed by atoms with van der Waals surface area (Å²) in [6.45, 7) is 7.20. The lowest BCUT2D eigenvalue weighted by molar-refractivity contribution is -0.136. The summed E-state index contributed by atoms with van der Waals surface area (Å²) in [5.41, 5.74) is 5.64. The van der Waals surface area contributed by atoms with E-state index in [9.17, 15) is 19.2 Å². The number of aromatic nitrogens is 5. The maximum atomic E-state index is 13.6. The van der Waals surface area contributed by atoms with Crippen molar-refractivity contribution in [2.24, 2.45) is 0 Å². The first-order chi connectivity index (χ1) is 26.8. The van der Waals surface area contributed by atoms with E-state index in [0.29, 0.717) is 49.7 Å². The number of amides is 4. The van der Waals surface area contributed by atoms with E-state index in [1.165, 1.54) is 5.56 Å². The maximum absolute atomic E-state index is 13.6. The highest BCUT2D eigenvalue weighted by atomic mass is 32.1. The minimum Gasteiger partial charge on any atom is -0.369 e. The number of rotatable bonds is 7. The van der Waals surface area contributed by atoms with Crippen LogP contribution in [0, 0.1) is 18.8 Å². The van der Waals surface area contributed by atoms with Gasteiger partial charge in [-0.1, -0.05) is 48.2 Å². The fourth-order valence-corrected chi connectivity index (χ4v) is 9.06. The molecule has 7 heterocycles. The summed E-state index contributed by atoms with van der Waals surface area (Å²) in [4.78, 5) is 57.7. The number of benzene rings is 2. The number of piperazine rings is 1. The number of piperidine rings is 1. The smallest absolute Gasteiger partial charge is 0.264 e. The molecule has 55 heavy (non-hydrogen) atoms. The third kappa shape index (κ3) is 6.52. The number of fused-ring (bicyclic) bond motifs is 4. The molecule has 4 aliphatic heterocycles. The Hall–Kier alpha value is -5.95. The van der Waals surface area contributed by atoms with Gasteiger partial charge in [0.05, 0.1) is 46.6 Å². The second kappa shape index (κ2) is 14.4. The van der Waals surface area contributed by atoms with Crippen LogP contribution in [0.4, 0.5) is 5.69 Å². The zero-order chi connectivity index (χ0) is 37.6. The molecule has 0 radical (unpaired) electrons. The topological polar surface area (TPSA) is 148 Å². The van der Waals surface area contributed by atoms with Crippen LogP contribution >= 0.6 is 11.3 Å². The fraction of sp³-hybridized carbons (Fsp3) is 0.325. The van der Waals surface area contributed by atoms with Crippen LogP contribution in [0.1, 0.15) is 72.3 Å². The molecule has 2 saturated heterocycles. The molecule has 1 atom stereocenters. The summed E-state index contributed by atoms with van der Waals surface area (Å²) in [6, 6.07) is 14.7. The highest BCUT2D eigenvalue weighted by Crippen LogP contribution is 2.37. The number of aryl methyl sites for hydroxylation is 1. The molecule has 4 aliphatic rings. The van der Waals surface area contributed by atoms with Crippen molar-refractivity contribution >= 4 is 40.7 Å². The summed E-state index contributed by atoms with van der Waals surface area (Å²) in [5.74, 6) is 6.46. The standard InChI is InChI=1S/C40H37N9O5S/c1-25-43-44-34-24-54-23-30-29(20-26-6-3-2-4-7-26)33(55-40(30)48(25)34)12-10-27-21-41-47(22-27)19-16-45-14-17-46(18-15-45)31-9-5-8-28-36(31)39(53)49(38(28)52)32-11-13-35(50)42-37(32)51/h2-9,21-22,32H,11,13-20,23-24H2,1H3,(H,42,50,51). The largest absolute Gasteiger partial charge is 0.369 e. The summed E-state index contributed by atoms with van der Waals surface area (Å²) in [6.07, 6.45) is 4.74. The summed E-state index contributed by atoms with van der Waals surface area (Å²) >= 11 is 1.65. The lowest BCUT2D eigenvalue weighted by atomic mass is 10.0. The van der Waals surface area contributed by atoms with Crippen LogP contribution in [0.3, 0.4) is 0 Å². The SMILES string of the molecule is Cc1nnc2n1-c1sc(C#Cc3cnn(CCN4CCN(c5cccc6c5C(=O)N(C5CCC(=O)NC5=O)C6=O)CC4)c3)c(Cc3ccccc3)c1COC2. The maximum Gasteiger partial charge on any atom is 0.264 e. The quantitative estimate of drug-likeness (QED) is 0.194. The third-order valence-electron chi connectivity index (χ3n) is 10.6. The van der Waals surface area contributed by atoms with Crippen LogP contribution in [-0.2, 0) is 40.5 Å². The predicted octanol–water partition coefficient (Wildman–Crippen LogP) is 3.08. The van der Waals surface area contributed by atoms with Crippen LogP contribution in [0.5, 0.6) is 0 Å². The van der Waals surface area contributed by atoms with Crippen molar-refractivity contribution in [2.75, 3.05) is 37.6 Å². The van der Waals surface area contributed by atoms with Crippen molar-refractivity contribution in [3.8, 4) is 16.8 Å². The molecular weight excluding hydrogens is 719 g/mol. The Morgan fingerprint density at radius 2 is 1.76 bits per heavy atom. The Labute approximate surface area is 320 Å². The van der Waals surface area contributed by atoms with Crippen molar-refractivity contribution in [2.45, 2.75) is 52.0 Å². The van der Waals surface area contributed by atoms with Crippen molar-refractivity contribution in [1.29, 1.82) is 0 Å². The normalized spacial score (nSPS) is 18.4. The van der Waals surface area contributed by atoms with Crippen LogP contribution in [-0.4, -0.2) is 96.7 Å². The van der Waals surface area contributed by atoms with Crippen molar-refractivity contribution in [1.82, 2.24) is 39.7 Å². The average Bonchev–Trinajstić information content (AvgIpc) is 3.92. The molecule has 1 N–H and O–H groups in total. The van der Waals surface area contributed by atoms with Gasteiger partial charge in [0.2, 0.25) is 11.8 Å². The van der Waals surface area contributed by atoms with Crippen LogP contribution in [0.15, 0.2) is 60.9 Å². The van der Waals surface area contributed by atoms with Gasteiger partial charge >= 0.3 is 0 Å². The van der Waals surface area contributed by atoms with Gasteiger partial charge in [-0.15, -0.1) is 21.5 Å². The lowest BCUT2D eigenvalue weighted by Crippen LogP contribution is -2.54. The fourth-order valence-electron chi connectivity index (χ4n) is 7.81. The Balaban J connectivity index is 0.857. The van der Waals surface area contributed by atoms with Crippen LogP contribution in [0.2, 0.25) is 0 Å². The number of ether oxygens (including phenoxy) is 1. The molecular formula is C40H37N9O5S. The van der Waals surface area contributed by atoms with Gasteiger partial charge in [-0.05, 0) is 43.0 Å². The first kappa shape index (κ1) is 34.8. The number of anilines is 1. The second-order valence-corrected chi connectivity index (χ2v) is 15.1. The van der Waals surface area contributed by atoms with Gasteiger partial charge in [0.25, 0.3) is 11.8 Å².